The van der Waals surface area contributed by atoms with Crippen molar-refractivity contribution < 1.29 is 4.74 Å². The third-order valence-electron chi connectivity index (χ3n) is 3.57. The highest BCUT2D eigenvalue weighted by molar-refractivity contribution is 7.80. The van der Waals surface area contributed by atoms with Crippen LogP contribution in [0.5, 0.6) is 5.75 Å². The summed E-state index contributed by atoms with van der Waals surface area (Å²) in [6.45, 7) is 3.09. The maximum atomic E-state index is 5.82. The lowest BCUT2D eigenvalue weighted by molar-refractivity contribution is 0.282. The maximum Gasteiger partial charge on any atom is 0.119 e. The second-order valence-electron chi connectivity index (χ2n) is 5.04. The predicted octanol–water partition coefficient (Wildman–Crippen LogP) is 3.90. The highest BCUT2D eigenvalue weighted by Crippen LogP contribution is 2.26. The van der Waals surface area contributed by atoms with E-state index in [9.17, 15) is 0 Å². The van der Waals surface area contributed by atoms with Crippen LogP contribution in [0.3, 0.4) is 0 Å². The van der Waals surface area contributed by atoms with Crippen LogP contribution in [0.25, 0.3) is 0 Å². The summed E-state index contributed by atoms with van der Waals surface area (Å²) < 4.78 is 5.82. The molecule has 1 aromatic carbocycles. The highest BCUT2D eigenvalue weighted by Gasteiger charge is 2.11. The molecule has 1 atom stereocenters. The Kier molecular flexibility index (Phi) is 4.78. The number of aryl methyl sites for hydroxylation is 2. The quantitative estimate of drug-likeness (QED) is 0.753. The van der Waals surface area contributed by atoms with Crippen LogP contribution in [0, 0.1) is 5.92 Å². The van der Waals surface area contributed by atoms with E-state index in [1.54, 1.807) is 0 Å². The van der Waals surface area contributed by atoms with Gasteiger partial charge in [-0.1, -0.05) is 13.0 Å². The standard InChI is InChI=1S/C15H22OS/c1-12(8-10-17)7-9-16-15-6-5-13-3-2-4-14(13)11-15/h5-6,11-12,17H,2-4,7-10H2,1H3. The number of ether oxygens (including phenoxy) is 1. The second-order valence-corrected chi connectivity index (χ2v) is 5.49. The molecule has 17 heavy (non-hydrogen) atoms. The molecule has 0 spiro atoms. The summed E-state index contributed by atoms with van der Waals surface area (Å²) in [5.74, 6) is 2.73. The first-order chi connectivity index (χ1) is 8.29. The Labute approximate surface area is 110 Å². The molecule has 2 rings (SSSR count). The maximum absolute atomic E-state index is 5.82. The minimum absolute atomic E-state index is 0.710. The molecule has 1 unspecified atom stereocenters. The summed E-state index contributed by atoms with van der Waals surface area (Å²) in [7, 11) is 0. The fraction of sp³-hybridized carbons (Fsp3) is 0.600. The van der Waals surface area contributed by atoms with E-state index < -0.39 is 0 Å². The van der Waals surface area contributed by atoms with E-state index in [-0.39, 0.29) is 0 Å². The summed E-state index contributed by atoms with van der Waals surface area (Å²) in [5, 5.41) is 0. The van der Waals surface area contributed by atoms with Crippen molar-refractivity contribution in [3.05, 3.63) is 29.3 Å². The van der Waals surface area contributed by atoms with E-state index in [1.165, 1.54) is 36.8 Å². The first kappa shape index (κ1) is 12.8. The van der Waals surface area contributed by atoms with Crippen LogP contribution >= 0.6 is 12.6 Å². The zero-order valence-electron chi connectivity index (χ0n) is 10.6. The van der Waals surface area contributed by atoms with Crippen LogP contribution in [-0.4, -0.2) is 12.4 Å². The molecule has 0 aromatic heterocycles. The Morgan fingerprint density at radius 2 is 2.06 bits per heavy atom. The van der Waals surface area contributed by atoms with Gasteiger partial charge in [0.1, 0.15) is 5.75 Å². The molecule has 1 aliphatic carbocycles. The molecule has 1 aromatic rings. The molecule has 0 radical (unpaired) electrons. The van der Waals surface area contributed by atoms with Crippen molar-refractivity contribution in [3.8, 4) is 5.75 Å². The Morgan fingerprint density at radius 3 is 2.88 bits per heavy atom. The van der Waals surface area contributed by atoms with Crippen LogP contribution < -0.4 is 4.74 Å². The molecule has 0 N–H and O–H groups in total. The second kappa shape index (κ2) is 6.34. The summed E-state index contributed by atoms with van der Waals surface area (Å²) >= 11 is 4.26. The first-order valence-corrected chi connectivity index (χ1v) is 7.28. The largest absolute Gasteiger partial charge is 0.494 e. The van der Waals surface area contributed by atoms with Gasteiger partial charge in [-0.05, 0) is 67.0 Å². The fourth-order valence-electron chi connectivity index (χ4n) is 2.38. The van der Waals surface area contributed by atoms with E-state index in [4.69, 9.17) is 4.74 Å². The molecule has 0 bridgehead atoms. The molecule has 0 saturated carbocycles. The number of benzene rings is 1. The van der Waals surface area contributed by atoms with Gasteiger partial charge in [-0.3, -0.25) is 0 Å². The molecule has 94 valence electrons. The Balaban J connectivity index is 1.79. The van der Waals surface area contributed by atoms with Crippen molar-refractivity contribution in [2.24, 2.45) is 5.92 Å². The lowest BCUT2D eigenvalue weighted by Gasteiger charge is -2.11. The molecule has 0 fully saturated rings. The topological polar surface area (TPSA) is 9.23 Å². The molecule has 1 aliphatic rings. The molecule has 0 heterocycles. The van der Waals surface area contributed by atoms with Crippen LogP contribution in [0.2, 0.25) is 0 Å². The third-order valence-corrected chi connectivity index (χ3v) is 3.83. The van der Waals surface area contributed by atoms with Crippen molar-refractivity contribution in [3.63, 3.8) is 0 Å². The van der Waals surface area contributed by atoms with Gasteiger partial charge in [0.05, 0.1) is 6.61 Å². The highest BCUT2D eigenvalue weighted by atomic mass is 32.1. The van der Waals surface area contributed by atoms with Gasteiger partial charge in [-0.2, -0.15) is 12.6 Å². The summed E-state index contributed by atoms with van der Waals surface area (Å²) in [6, 6.07) is 6.58. The van der Waals surface area contributed by atoms with Crippen LogP contribution in [0.4, 0.5) is 0 Å². The Morgan fingerprint density at radius 1 is 1.24 bits per heavy atom. The molecule has 0 amide bonds. The number of hydrogen-bond donors (Lipinski definition) is 1. The molecule has 0 aliphatic heterocycles. The predicted molar refractivity (Wildman–Crippen MR) is 76.2 cm³/mol. The van der Waals surface area contributed by atoms with Crippen molar-refractivity contribution in [1.82, 2.24) is 0 Å². The van der Waals surface area contributed by atoms with Gasteiger partial charge in [0.2, 0.25) is 0 Å². The normalized spacial score (nSPS) is 15.6. The van der Waals surface area contributed by atoms with Crippen LogP contribution in [0.15, 0.2) is 18.2 Å². The van der Waals surface area contributed by atoms with Gasteiger partial charge in [0.25, 0.3) is 0 Å². The van der Waals surface area contributed by atoms with Crippen molar-refractivity contribution in [1.29, 1.82) is 0 Å². The smallest absolute Gasteiger partial charge is 0.119 e. The van der Waals surface area contributed by atoms with Crippen molar-refractivity contribution >= 4 is 12.6 Å². The Hall–Kier alpha value is -0.630. The molecular weight excluding hydrogens is 228 g/mol. The lowest BCUT2D eigenvalue weighted by Crippen LogP contribution is -2.05. The summed E-state index contributed by atoms with van der Waals surface area (Å²) in [5.41, 5.74) is 3.01. The van der Waals surface area contributed by atoms with Gasteiger partial charge >= 0.3 is 0 Å². The summed E-state index contributed by atoms with van der Waals surface area (Å²) in [4.78, 5) is 0. The fourth-order valence-corrected chi connectivity index (χ4v) is 2.82. The Bertz CT molecular complexity index is 362. The molecular formula is C15H22OS. The SMILES string of the molecule is CC(CCS)CCOc1ccc2c(c1)CCC2. The zero-order chi connectivity index (χ0) is 12.1. The molecule has 1 nitrogen and oxygen atoms in total. The number of fused-ring (bicyclic) bond motifs is 1. The molecule has 0 saturated heterocycles. The van der Waals surface area contributed by atoms with E-state index in [2.05, 4.69) is 37.8 Å². The lowest BCUT2D eigenvalue weighted by atomic mass is 10.1. The van der Waals surface area contributed by atoms with E-state index in [1.807, 2.05) is 0 Å². The zero-order valence-corrected chi connectivity index (χ0v) is 11.5. The van der Waals surface area contributed by atoms with Crippen molar-refractivity contribution in [2.45, 2.75) is 39.0 Å². The average Bonchev–Trinajstić information content (AvgIpc) is 2.76. The third kappa shape index (κ3) is 3.67. The monoisotopic (exact) mass is 250 g/mol. The minimum atomic E-state index is 0.710. The van der Waals surface area contributed by atoms with Gasteiger partial charge in [0.15, 0.2) is 0 Å². The van der Waals surface area contributed by atoms with Gasteiger partial charge < -0.3 is 4.74 Å². The van der Waals surface area contributed by atoms with E-state index in [0.29, 0.717) is 5.92 Å². The molecule has 2 heteroatoms. The minimum Gasteiger partial charge on any atom is -0.494 e. The first-order valence-electron chi connectivity index (χ1n) is 6.65. The van der Waals surface area contributed by atoms with E-state index >= 15 is 0 Å². The number of rotatable bonds is 6. The average molecular weight is 250 g/mol. The van der Waals surface area contributed by atoms with Crippen LogP contribution in [-0.2, 0) is 12.8 Å². The van der Waals surface area contributed by atoms with Crippen LogP contribution in [0.1, 0.15) is 37.3 Å². The van der Waals surface area contributed by atoms with Crippen molar-refractivity contribution in [2.75, 3.05) is 12.4 Å². The number of hydrogen-bond acceptors (Lipinski definition) is 2. The van der Waals surface area contributed by atoms with E-state index in [0.717, 1.165) is 24.5 Å². The van der Waals surface area contributed by atoms with Gasteiger partial charge in [0, 0.05) is 0 Å². The van der Waals surface area contributed by atoms with Gasteiger partial charge in [-0.15, -0.1) is 0 Å². The van der Waals surface area contributed by atoms with Gasteiger partial charge in [-0.25, -0.2) is 0 Å². The summed E-state index contributed by atoms with van der Waals surface area (Å²) in [6.07, 6.45) is 6.07. The number of thiol groups is 1.